The molecule has 0 spiro atoms. The summed E-state index contributed by atoms with van der Waals surface area (Å²) in [6.07, 6.45) is -6.63. The van der Waals surface area contributed by atoms with Crippen molar-refractivity contribution in [2.45, 2.75) is 18.9 Å². The van der Waals surface area contributed by atoms with Crippen LogP contribution in [0.2, 0.25) is 5.02 Å². The highest BCUT2D eigenvalue weighted by molar-refractivity contribution is 6.32. The molecule has 0 saturated carbocycles. The van der Waals surface area contributed by atoms with Gasteiger partial charge in [0, 0.05) is 26.3 Å². The number of hydrogen-bond acceptors (Lipinski definition) is 8. The van der Waals surface area contributed by atoms with Crippen LogP contribution in [0.25, 0.3) is 5.69 Å². The number of esters is 1. The van der Waals surface area contributed by atoms with Gasteiger partial charge in [0.15, 0.2) is 11.5 Å². The molecular formula is C24H18ClF4N3O7. The lowest BCUT2D eigenvalue weighted by Crippen LogP contribution is -2.41. The second-order valence-electron chi connectivity index (χ2n) is 7.59. The van der Waals surface area contributed by atoms with Crippen molar-refractivity contribution in [2.75, 3.05) is 13.7 Å². The van der Waals surface area contributed by atoms with Gasteiger partial charge in [0.25, 0.3) is 11.8 Å². The molecule has 0 saturated heterocycles. The van der Waals surface area contributed by atoms with Gasteiger partial charge < -0.3 is 18.9 Å². The molecule has 39 heavy (non-hydrogen) atoms. The van der Waals surface area contributed by atoms with Crippen molar-refractivity contribution >= 4 is 17.6 Å². The fraction of sp³-hybridized carbons (Fsp3) is 0.250. The molecular weight excluding hydrogens is 554 g/mol. The van der Waals surface area contributed by atoms with E-state index in [1.807, 2.05) is 0 Å². The third-order valence-corrected chi connectivity index (χ3v) is 5.32. The lowest BCUT2D eigenvalue weighted by atomic mass is 10.2. The minimum atomic E-state index is -5.01. The van der Waals surface area contributed by atoms with Gasteiger partial charge in [0.2, 0.25) is 0 Å². The van der Waals surface area contributed by atoms with Crippen molar-refractivity contribution in [3.05, 3.63) is 79.8 Å². The highest BCUT2D eigenvalue weighted by atomic mass is 35.5. The van der Waals surface area contributed by atoms with Crippen molar-refractivity contribution in [3.8, 4) is 29.0 Å². The SMILES string of the molecule is COC(Oc1ccccc1Oc1cc(-n2c(=O)cc(C(F)(F)F)n(C)c2=O)c(F)cc1Cl)C(=O)OCCC#N. The first-order valence-corrected chi connectivity index (χ1v) is 11.2. The Balaban J connectivity index is 2.01. The van der Waals surface area contributed by atoms with Crippen LogP contribution in [0.4, 0.5) is 17.6 Å². The van der Waals surface area contributed by atoms with Gasteiger partial charge in [-0.2, -0.15) is 18.4 Å². The summed E-state index contributed by atoms with van der Waals surface area (Å²) in [6.45, 7) is -0.201. The van der Waals surface area contributed by atoms with E-state index in [4.69, 9.17) is 35.8 Å². The average Bonchev–Trinajstić information content (AvgIpc) is 2.87. The van der Waals surface area contributed by atoms with Gasteiger partial charge in [-0.15, -0.1) is 0 Å². The van der Waals surface area contributed by atoms with Crippen molar-refractivity contribution in [3.63, 3.8) is 0 Å². The number of carbonyl (C=O) groups excluding carboxylic acids is 1. The molecule has 0 fully saturated rings. The van der Waals surface area contributed by atoms with E-state index in [1.54, 1.807) is 6.07 Å². The van der Waals surface area contributed by atoms with E-state index in [9.17, 15) is 31.9 Å². The van der Waals surface area contributed by atoms with E-state index in [2.05, 4.69) is 0 Å². The number of nitrogens with zero attached hydrogens (tertiary/aromatic N) is 3. The zero-order valence-electron chi connectivity index (χ0n) is 20.1. The Kier molecular flexibility index (Phi) is 9.00. The van der Waals surface area contributed by atoms with Gasteiger partial charge in [-0.3, -0.25) is 9.36 Å². The Morgan fingerprint density at radius 2 is 1.79 bits per heavy atom. The topological polar surface area (TPSA) is 122 Å². The Bertz CT molecular complexity index is 1550. The molecule has 0 aliphatic rings. The smallest absolute Gasteiger partial charge is 0.431 e. The summed E-state index contributed by atoms with van der Waals surface area (Å²) >= 11 is 6.09. The first-order chi connectivity index (χ1) is 18.4. The molecule has 10 nitrogen and oxygen atoms in total. The van der Waals surface area contributed by atoms with Gasteiger partial charge in [-0.05, 0) is 18.2 Å². The molecule has 1 aromatic heterocycles. The van der Waals surface area contributed by atoms with Crippen LogP contribution in [0.5, 0.6) is 17.2 Å². The van der Waals surface area contributed by atoms with Crippen LogP contribution in [0.1, 0.15) is 12.1 Å². The van der Waals surface area contributed by atoms with E-state index >= 15 is 0 Å². The number of para-hydroxylation sites is 2. The number of ether oxygens (including phenoxy) is 4. The van der Waals surface area contributed by atoms with Crippen LogP contribution in [0.15, 0.2) is 52.1 Å². The van der Waals surface area contributed by atoms with E-state index < -0.39 is 46.9 Å². The van der Waals surface area contributed by atoms with Crippen molar-refractivity contribution < 1.29 is 41.3 Å². The third kappa shape index (κ3) is 6.57. The molecule has 206 valence electrons. The maximum Gasteiger partial charge on any atom is 0.431 e. The minimum absolute atomic E-state index is 0.0571. The fourth-order valence-electron chi connectivity index (χ4n) is 3.21. The molecule has 0 aliphatic carbocycles. The first kappa shape index (κ1) is 29.2. The average molecular weight is 572 g/mol. The minimum Gasteiger partial charge on any atom is -0.460 e. The summed E-state index contributed by atoms with van der Waals surface area (Å²) < 4.78 is 75.7. The number of hydrogen-bond donors (Lipinski definition) is 0. The van der Waals surface area contributed by atoms with Crippen molar-refractivity contribution in [2.24, 2.45) is 7.05 Å². The quantitative estimate of drug-likeness (QED) is 0.164. The third-order valence-electron chi connectivity index (χ3n) is 5.02. The second-order valence-corrected chi connectivity index (χ2v) is 7.99. The van der Waals surface area contributed by atoms with E-state index in [0.717, 1.165) is 20.2 Å². The summed E-state index contributed by atoms with van der Waals surface area (Å²) in [6, 6.07) is 9.25. The number of benzene rings is 2. The molecule has 0 bridgehead atoms. The van der Waals surface area contributed by atoms with Crippen LogP contribution < -0.4 is 20.7 Å². The molecule has 3 aromatic rings. The molecule has 15 heteroatoms. The Hall–Kier alpha value is -4.35. The first-order valence-electron chi connectivity index (χ1n) is 10.8. The number of alkyl halides is 3. The van der Waals surface area contributed by atoms with Crippen LogP contribution in [0.3, 0.4) is 0 Å². The summed E-state index contributed by atoms with van der Waals surface area (Å²) in [5, 5.41) is 8.24. The molecule has 0 N–H and O–H groups in total. The maximum atomic E-state index is 14.8. The molecule has 3 rings (SSSR count). The Labute approximate surface area is 222 Å². The molecule has 1 unspecified atom stereocenters. The maximum absolute atomic E-state index is 14.8. The van der Waals surface area contributed by atoms with E-state index in [1.165, 1.54) is 24.3 Å². The second kappa shape index (κ2) is 12.0. The summed E-state index contributed by atoms with van der Waals surface area (Å²) in [5.74, 6) is -2.62. The van der Waals surface area contributed by atoms with Gasteiger partial charge in [-0.1, -0.05) is 23.7 Å². The highest BCUT2D eigenvalue weighted by Gasteiger charge is 2.35. The lowest BCUT2D eigenvalue weighted by molar-refractivity contribution is -0.173. The van der Waals surface area contributed by atoms with E-state index in [0.29, 0.717) is 6.07 Å². The lowest BCUT2D eigenvalue weighted by Gasteiger charge is -2.19. The number of methoxy groups -OCH3 is 1. The molecule has 2 aromatic carbocycles. The molecule has 0 aliphatic heterocycles. The fourth-order valence-corrected chi connectivity index (χ4v) is 3.40. The standard InChI is InChI=1S/C24H18ClF4N3O7/c1-31-19(24(27,28)29)12-20(33)32(23(31)35)15-11-18(13(25)10-14(15)26)38-16-6-3-4-7-17(16)39-22(36-2)21(34)37-9-5-8-30/h3-4,6-7,10-12,22H,5,9H2,1-2H3. The zero-order valence-corrected chi connectivity index (χ0v) is 20.9. The zero-order chi connectivity index (χ0) is 28.9. The molecule has 1 atom stereocenters. The van der Waals surface area contributed by atoms with Gasteiger partial charge in [-0.25, -0.2) is 18.5 Å². The van der Waals surface area contributed by atoms with Crippen LogP contribution >= 0.6 is 11.6 Å². The Morgan fingerprint density at radius 1 is 1.13 bits per heavy atom. The number of halogens is 5. The summed E-state index contributed by atoms with van der Waals surface area (Å²) in [5.41, 5.74) is -5.17. The van der Waals surface area contributed by atoms with Crippen LogP contribution in [0, 0.1) is 17.1 Å². The van der Waals surface area contributed by atoms with Crippen LogP contribution in [-0.4, -0.2) is 35.1 Å². The molecule has 1 heterocycles. The number of nitriles is 1. The van der Waals surface area contributed by atoms with E-state index in [-0.39, 0.29) is 50.5 Å². The monoisotopic (exact) mass is 571 g/mol. The summed E-state index contributed by atoms with van der Waals surface area (Å²) in [4.78, 5) is 37.2. The predicted octanol–water partition coefficient (Wildman–Crippen LogP) is 3.95. The van der Waals surface area contributed by atoms with Gasteiger partial charge in [0.1, 0.15) is 23.9 Å². The van der Waals surface area contributed by atoms with Crippen molar-refractivity contribution in [1.29, 1.82) is 5.26 Å². The summed E-state index contributed by atoms with van der Waals surface area (Å²) in [7, 11) is 1.93. The Morgan fingerprint density at radius 3 is 2.41 bits per heavy atom. The van der Waals surface area contributed by atoms with Crippen LogP contribution in [-0.2, 0) is 27.5 Å². The van der Waals surface area contributed by atoms with Gasteiger partial charge >= 0.3 is 17.8 Å². The number of carbonyl (C=O) groups is 1. The normalized spacial score (nSPS) is 11.9. The molecule has 0 amide bonds. The van der Waals surface area contributed by atoms with Gasteiger partial charge in [0.05, 0.1) is 23.2 Å². The van der Waals surface area contributed by atoms with Crippen molar-refractivity contribution in [1.82, 2.24) is 9.13 Å². The number of aromatic nitrogens is 2. The predicted molar refractivity (Wildman–Crippen MR) is 126 cm³/mol. The number of rotatable bonds is 9. The highest BCUT2D eigenvalue weighted by Crippen LogP contribution is 2.37. The largest absolute Gasteiger partial charge is 0.460 e. The molecule has 0 radical (unpaired) electrons.